The lowest BCUT2D eigenvalue weighted by Crippen LogP contribution is -2.59. The van der Waals surface area contributed by atoms with Gasteiger partial charge in [-0.05, 0) is 12.5 Å². The third kappa shape index (κ3) is 1.97. The highest BCUT2D eigenvalue weighted by Crippen LogP contribution is 2.42. The molecule has 102 valence electrons. The number of nitrogens with two attached hydrogens (primary N) is 1. The zero-order valence-corrected chi connectivity index (χ0v) is 10.6. The van der Waals surface area contributed by atoms with E-state index < -0.39 is 17.7 Å². The lowest BCUT2D eigenvalue weighted by molar-refractivity contribution is -0.0732. The van der Waals surface area contributed by atoms with Gasteiger partial charge in [-0.1, -0.05) is 12.2 Å². The molecule has 0 radical (unpaired) electrons. The van der Waals surface area contributed by atoms with Crippen LogP contribution in [0.1, 0.15) is 19.3 Å². The standard InChI is InChI=1S/C13H17N3O3/c14-11(17)16-7-5-13(6-8-16)9-3-1-2-4-10(9)15-12(18)19-13/h1-2,4,9H,3,5-8H2,(H2,14,17)(H,15,18). The topological polar surface area (TPSA) is 84.7 Å². The van der Waals surface area contributed by atoms with Gasteiger partial charge in [0.15, 0.2) is 0 Å². The molecule has 0 aromatic rings. The van der Waals surface area contributed by atoms with Crippen LogP contribution in [-0.4, -0.2) is 35.7 Å². The summed E-state index contributed by atoms with van der Waals surface area (Å²) in [6, 6.07) is -0.408. The number of nitrogens with zero attached hydrogens (tertiary/aromatic N) is 1. The van der Waals surface area contributed by atoms with Crippen molar-refractivity contribution in [3.63, 3.8) is 0 Å². The molecule has 3 amide bonds. The fourth-order valence-corrected chi connectivity index (χ4v) is 3.21. The van der Waals surface area contributed by atoms with E-state index in [9.17, 15) is 9.59 Å². The maximum atomic E-state index is 11.7. The van der Waals surface area contributed by atoms with Gasteiger partial charge in [0.05, 0.1) is 0 Å². The number of fused-ring (bicyclic) bond motifs is 2. The van der Waals surface area contributed by atoms with Gasteiger partial charge in [-0.15, -0.1) is 0 Å². The van der Waals surface area contributed by atoms with Gasteiger partial charge in [0, 0.05) is 37.5 Å². The molecule has 2 saturated heterocycles. The first-order valence-electron chi connectivity index (χ1n) is 6.52. The minimum Gasteiger partial charge on any atom is -0.442 e. The van der Waals surface area contributed by atoms with Crippen molar-refractivity contribution < 1.29 is 14.3 Å². The molecule has 19 heavy (non-hydrogen) atoms. The number of rotatable bonds is 0. The Bertz CT molecular complexity index is 476. The van der Waals surface area contributed by atoms with Crippen molar-refractivity contribution >= 4 is 12.1 Å². The van der Waals surface area contributed by atoms with Gasteiger partial charge in [-0.25, -0.2) is 9.59 Å². The van der Waals surface area contributed by atoms with Crippen molar-refractivity contribution in [3.05, 3.63) is 23.9 Å². The van der Waals surface area contributed by atoms with Crippen LogP contribution in [0.4, 0.5) is 9.59 Å². The SMILES string of the molecule is NC(=O)N1CCC2(CC1)OC(=O)NC1=CC=CCC12. The zero-order valence-electron chi connectivity index (χ0n) is 10.6. The molecule has 2 aliphatic heterocycles. The van der Waals surface area contributed by atoms with Crippen LogP contribution in [0.15, 0.2) is 23.9 Å². The zero-order chi connectivity index (χ0) is 13.5. The summed E-state index contributed by atoms with van der Waals surface area (Å²) in [5, 5.41) is 2.77. The number of carbonyl (C=O) groups is 2. The number of piperidine rings is 1. The molecule has 2 fully saturated rings. The van der Waals surface area contributed by atoms with Gasteiger partial charge in [0.2, 0.25) is 0 Å². The van der Waals surface area contributed by atoms with Gasteiger partial charge >= 0.3 is 12.1 Å². The van der Waals surface area contributed by atoms with E-state index in [4.69, 9.17) is 10.5 Å². The van der Waals surface area contributed by atoms with Crippen molar-refractivity contribution in [2.45, 2.75) is 24.9 Å². The van der Waals surface area contributed by atoms with Crippen molar-refractivity contribution in [1.82, 2.24) is 10.2 Å². The van der Waals surface area contributed by atoms with Crippen LogP contribution in [0.25, 0.3) is 0 Å². The molecule has 6 heteroatoms. The summed E-state index contributed by atoms with van der Waals surface area (Å²) in [7, 11) is 0. The predicted octanol–water partition coefficient (Wildman–Crippen LogP) is 1.10. The van der Waals surface area contributed by atoms with Crippen LogP contribution in [0.2, 0.25) is 0 Å². The first kappa shape index (κ1) is 12.1. The molecule has 6 nitrogen and oxygen atoms in total. The van der Waals surface area contributed by atoms with E-state index in [0.717, 1.165) is 12.1 Å². The molecule has 3 N–H and O–H groups in total. The Labute approximate surface area is 111 Å². The molecule has 1 unspecified atom stereocenters. The Balaban J connectivity index is 1.83. The van der Waals surface area contributed by atoms with Gasteiger partial charge in [-0.2, -0.15) is 0 Å². The van der Waals surface area contributed by atoms with E-state index in [1.54, 1.807) is 4.90 Å². The van der Waals surface area contributed by atoms with Crippen molar-refractivity contribution in [1.29, 1.82) is 0 Å². The van der Waals surface area contributed by atoms with Crippen LogP contribution < -0.4 is 11.1 Å². The number of alkyl carbamates (subject to hydrolysis) is 1. The van der Waals surface area contributed by atoms with E-state index in [1.807, 2.05) is 12.2 Å². The highest BCUT2D eigenvalue weighted by molar-refractivity contribution is 5.73. The largest absolute Gasteiger partial charge is 0.442 e. The van der Waals surface area contributed by atoms with E-state index in [0.29, 0.717) is 25.9 Å². The summed E-state index contributed by atoms with van der Waals surface area (Å²) in [5.74, 6) is 0.158. The molecule has 2 heterocycles. The second-order valence-corrected chi connectivity index (χ2v) is 5.24. The first-order valence-corrected chi connectivity index (χ1v) is 6.52. The van der Waals surface area contributed by atoms with Crippen LogP contribution in [0, 0.1) is 5.92 Å². The highest BCUT2D eigenvalue weighted by atomic mass is 16.6. The normalized spacial score (nSPS) is 28.2. The molecule has 0 bridgehead atoms. The fraction of sp³-hybridized carbons (Fsp3) is 0.538. The number of hydrogen-bond acceptors (Lipinski definition) is 3. The Morgan fingerprint density at radius 2 is 2.21 bits per heavy atom. The molecule has 0 saturated carbocycles. The molecule has 0 aromatic carbocycles. The molecule has 0 aromatic heterocycles. The molecule has 1 spiro atoms. The summed E-state index contributed by atoms with van der Waals surface area (Å²) in [6.07, 6.45) is 7.68. The minimum atomic E-state index is -0.495. The number of primary amides is 1. The van der Waals surface area contributed by atoms with Gasteiger partial charge in [0.1, 0.15) is 5.60 Å². The molecule has 1 atom stereocenters. The van der Waals surface area contributed by atoms with E-state index in [1.165, 1.54) is 0 Å². The summed E-state index contributed by atoms with van der Waals surface area (Å²) < 4.78 is 5.61. The maximum Gasteiger partial charge on any atom is 0.411 e. The van der Waals surface area contributed by atoms with Crippen LogP contribution in [0.5, 0.6) is 0 Å². The number of amides is 3. The second-order valence-electron chi connectivity index (χ2n) is 5.24. The van der Waals surface area contributed by atoms with E-state index >= 15 is 0 Å². The number of hydrogen-bond donors (Lipinski definition) is 2. The van der Waals surface area contributed by atoms with Gasteiger partial charge < -0.3 is 15.4 Å². The van der Waals surface area contributed by atoms with E-state index in [2.05, 4.69) is 11.4 Å². The lowest BCUT2D eigenvalue weighted by atomic mass is 9.73. The average Bonchev–Trinajstić information content (AvgIpc) is 2.39. The smallest absolute Gasteiger partial charge is 0.411 e. The molecule has 3 rings (SSSR count). The molecule has 1 aliphatic carbocycles. The Kier molecular flexibility index (Phi) is 2.73. The second kappa shape index (κ2) is 4.29. The Hall–Kier alpha value is -1.98. The molecule has 3 aliphatic rings. The average molecular weight is 263 g/mol. The number of urea groups is 1. The van der Waals surface area contributed by atoms with Gasteiger partial charge in [0.25, 0.3) is 0 Å². The Morgan fingerprint density at radius 1 is 1.47 bits per heavy atom. The highest BCUT2D eigenvalue weighted by Gasteiger charge is 2.49. The monoisotopic (exact) mass is 263 g/mol. The number of carbonyl (C=O) groups excluding carboxylic acids is 2. The van der Waals surface area contributed by atoms with Crippen LogP contribution in [-0.2, 0) is 4.74 Å². The van der Waals surface area contributed by atoms with Gasteiger partial charge in [-0.3, -0.25) is 5.32 Å². The predicted molar refractivity (Wildman–Crippen MR) is 68.1 cm³/mol. The van der Waals surface area contributed by atoms with Crippen molar-refractivity contribution in [2.24, 2.45) is 11.7 Å². The van der Waals surface area contributed by atoms with Crippen molar-refractivity contribution in [3.8, 4) is 0 Å². The number of allylic oxidation sites excluding steroid dienone is 3. The number of nitrogens with one attached hydrogen (secondary N) is 1. The Morgan fingerprint density at radius 3 is 2.89 bits per heavy atom. The maximum absolute atomic E-state index is 11.7. The summed E-state index contributed by atoms with van der Waals surface area (Å²) in [5.41, 5.74) is 5.72. The van der Waals surface area contributed by atoms with Crippen LogP contribution >= 0.6 is 0 Å². The minimum absolute atomic E-state index is 0.158. The number of likely N-dealkylation sites (tertiary alicyclic amines) is 1. The quantitative estimate of drug-likeness (QED) is 0.686. The number of ether oxygens (including phenoxy) is 1. The van der Waals surface area contributed by atoms with Crippen LogP contribution in [0.3, 0.4) is 0 Å². The lowest BCUT2D eigenvalue weighted by Gasteiger charge is -2.48. The summed E-state index contributed by atoms with van der Waals surface area (Å²) in [6.45, 7) is 1.08. The van der Waals surface area contributed by atoms with Crippen molar-refractivity contribution in [2.75, 3.05) is 13.1 Å². The first-order chi connectivity index (χ1) is 9.11. The molecular weight excluding hydrogens is 246 g/mol. The third-order valence-corrected chi connectivity index (χ3v) is 4.26. The third-order valence-electron chi connectivity index (χ3n) is 4.26. The molecular formula is C13H17N3O3. The fourth-order valence-electron chi connectivity index (χ4n) is 3.21. The summed E-state index contributed by atoms with van der Waals surface area (Å²) >= 11 is 0. The summed E-state index contributed by atoms with van der Waals surface area (Å²) in [4.78, 5) is 24.5. The van der Waals surface area contributed by atoms with E-state index in [-0.39, 0.29) is 5.92 Å².